The maximum Gasteiger partial charge on any atom is 0.488 e. The van der Waals surface area contributed by atoms with Crippen LogP contribution in [0.3, 0.4) is 0 Å². The third-order valence-electron chi connectivity index (χ3n) is 2.12. The van der Waals surface area contributed by atoms with Crippen molar-refractivity contribution in [2.24, 2.45) is 0 Å². The zero-order chi connectivity index (χ0) is 11.3. The third-order valence-corrected chi connectivity index (χ3v) is 3.58. The summed E-state index contributed by atoms with van der Waals surface area (Å²) in [5, 5.41) is 17.7. The Morgan fingerprint density at radius 2 is 1.87 bits per heavy atom. The maximum absolute atomic E-state index is 11.7. The average Bonchev–Trinajstić information content (AvgIpc) is 2.26. The highest BCUT2D eigenvalue weighted by Gasteiger charge is 2.11. The van der Waals surface area contributed by atoms with Gasteiger partial charge in [-0.2, -0.15) is 0 Å². The summed E-state index contributed by atoms with van der Waals surface area (Å²) in [5.74, 6) is 0.664. The fourth-order valence-corrected chi connectivity index (χ4v) is 2.41. The lowest BCUT2D eigenvalue weighted by Crippen LogP contribution is -2.29. The van der Waals surface area contributed by atoms with E-state index in [4.69, 9.17) is 10.0 Å². The molecule has 0 saturated heterocycles. The molecule has 0 spiro atoms. The molecule has 0 heterocycles. The predicted molar refractivity (Wildman–Crippen MR) is 62.5 cm³/mol. The van der Waals surface area contributed by atoms with Gasteiger partial charge in [-0.3, -0.25) is 4.21 Å². The van der Waals surface area contributed by atoms with E-state index >= 15 is 0 Å². The summed E-state index contributed by atoms with van der Waals surface area (Å²) in [5.41, 5.74) is 0.422. The Morgan fingerprint density at radius 3 is 2.33 bits per heavy atom. The van der Waals surface area contributed by atoms with Crippen LogP contribution in [0.15, 0.2) is 29.2 Å². The van der Waals surface area contributed by atoms with Gasteiger partial charge in [0.1, 0.15) is 0 Å². The Balaban J connectivity index is 2.67. The minimum atomic E-state index is -1.46. The molecular formula is C10H15BO3S. The van der Waals surface area contributed by atoms with E-state index in [-0.39, 0.29) is 0 Å². The van der Waals surface area contributed by atoms with Crippen molar-refractivity contribution in [3.8, 4) is 0 Å². The predicted octanol–water partition coefficient (Wildman–Crippen LogP) is 0.274. The minimum absolute atomic E-state index is 0.422. The van der Waals surface area contributed by atoms with Crippen molar-refractivity contribution in [2.45, 2.75) is 24.7 Å². The molecule has 0 aliphatic rings. The van der Waals surface area contributed by atoms with Crippen molar-refractivity contribution in [3.05, 3.63) is 24.3 Å². The fourth-order valence-electron chi connectivity index (χ4n) is 1.19. The molecule has 3 nitrogen and oxygen atoms in total. The quantitative estimate of drug-likeness (QED) is 0.708. The van der Waals surface area contributed by atoms with Gasteiger partial charge in [0.15, 0.2) is 0 Å². The Labute approximate surface area is 92.7 Å². The van der Waals surface area contributed by atoms with Crippen LogP contribution in [0.4, 0.5) is 0 Å². The van der Waals surface area contributed by atoms with Gasteiger partial charge in [0.25, 0.3) is 0 Å². The average molecular weight is 226 g/mol. The standard InChI is InChI=1S/C10H15BO3S/c1-2-3-8-15(14)10-6-4-9(5-7-10)11(12)13/h4-7,12-13H,2-3,8H2,1H3. The summed E-state index contributed by atoms with van der Waals surface area (Å²) in [6.07, 6.45) is 1.97. The maximum atomic E-state index is 11.7. The molecule has 15 heavy (non-hydrogen) atoms. The molecule has 0 aliphatic carbocycles. The van der Waals surface area contributed by atoms with Crippen LogP contribution in [-0.4, -0.2) is 27.1 Å². The van der Waals surface area contributed by atoms with Crippen molar-refractivity contribution >= 4 is 23.4 Å². The lowest BCUT2D eigenvalue weighted by Gasteiger charge is -2.03. The molecule has 5 heteroatoms. The minimum Gasteiger partial charge on any atom is -0.423 e. The molecule has 0 bridgehead atoms. The highest BCUT2D eigenvalue weighted by Crippen LogP contribution is 2.06. The summed E-state index contributed by atoms with van der Waals surface area (Å²) in [4.78, 5) is 0.743. The molecule has 0 fully saturated rings. The molecule has 0 aromatic heterocycles. The van der Waals surface area contributed by atoms with Gasteiger partial charge in [0.05, 0.1) is 10.8 Å². The number of rotatable bonds is 5. The first-order valence-electron chi connectivity index (χ1n) is 4.99. The molecule has 1 aromatic carbocycles. The van der Waals surface area contributed by atoms with Crippen molar-refractivity contribution in [1.29, 1.82) is 0 Å². The summed E-state index contributed by atoms with van der Waals surface area (Å²) in [6, 6.07) is 6.54. The van der Waals surface area contributed by atoms with Crippen LogP contribution < -0.4 is 5.46 Å². The molecule has 2 N–H and O–H groups in total. The van der Waals surface area contributed by atoms with E-state index in [9.17, 15) is 4.21 Å². The van der Waals surface area contributed by atoms with Crippen molar-refractivity contribution in [3.63, 3.8) is 0 Å². The lowest BCUT2D eigenvalue weighted by molar-refractivity contribution is 0.425. The molecule has 0 amide bonds. The van der Waals surface area contributed by atoms with Crippen LogP contribution in [-0.2, 0) is 10.8 Å². The summed E-state index contributed by atoms with van der Waals surface area (Å²) < 4.78 is 11.7. The molecule has 82 valence electrons. The van der Waals surface area contributed by atoms with Gasteiger partial charge in [0.2, 0.25) is 0 Å². The molecule has 0 aliphatic heterocycles. The molecule has 1 unspecified atom stereocenters. The van der Waals surface area contributed by atoms with E-state index in [1.807, 2.05) is 0 Å². The summed E-state index contributed by atoms with van der Waals surface area (Å²) >= 11 is 0. The third kappa shape index (κ3) is 3.78. The zero-order valence-electron chi connectivity index (χ0n) is 8.72. The Bertz CT molecular complexity index is 324. The van der Waals surface area contributed by atoms with Gasteiger partial charge in [-0.1, -0.05) is 25.5 Å². The highest BCUT2D eigenvalue weighted by atomic mass is 32.2. The lowest BCUT2D eigenvalue weighted by atomic mass is 9.81. The van der Waals surface area contributed by atoms with E-state index in [2.05, 4.69) is 6.92 Å². The van der Waals surface area contributed by atoms with Crippen molar-refractivity contribution < 1.29 is 14.3 Å². The first-order chi connectivity index (χ1) is 7.15. The van der Waals surface area contributed by atoms with Gasteiger partial charge < -0.3 is 10.0 Å². The van der Waals surface area contributed by atoms with E-state index in [0.29, 0.717) is 11.2 Å². The highest BCUT2D eigenvalue weighted by molar-refractivity contribution is 7.85. The zero-order valence-corrected chi connectivity index (χ0v) is 9.54. The smallest absolute Gasteiger partial charge is 0.423 e. The Morgan fingerprint density at radius 1 is 1.27 bits per heavy atom. The number of hydrogen-bond donors (Lipinski definition) is 2. The SMILES string of the molecule is CCCCS(=O)c1ccc(B(O)O)cc1. The topological polar surface area (TPSA) is 57.5 Å². The number of benzene rings is 1. The summed E-state index contributed by atoms with van der Waals surface area (Å²) in [6.45, 7) is 2.06. The summed E-state index contributed by atoms with van der Waals surface area (Å²) in [7, 11) is -2.42. The van der Waals surface area contributed by atoms with Crippen LogP contribution >= 0.6 is 0 Å². The molecular weight excluding hydrogens is 211 g/mol. The van der Waals surface area contributed by atoms with Crippen LogP contribution in [0.5, 0.6) is 0 Å². The van der Waals surface area contributed by atoms with E-state index in [1.165, 1.54) is 0 Å². The van der Waals surface area contributed by atoms with E-state index in [0.717, 1.165) is 17.7 Å². The monoisotopic (exact) mass is 226 g/mol. The first kappa shape index (κ1) is 12.4. The second-order valence-electron chi connectivity index (χ2n) is 3.35. The second kappa shape index (κ2) is 6.05. The second-order valence-corrected chi connectivity index (χ2v) is 4.92. The van der Waals surface area contributed by atoms with Crippen LogP contribution in [0.2, 0.25) is 0 Å². The Hall–Kier alpha value is -0.645. The van der Waals surface area contributed by atoms with Gasteiger partial charge in [0, 0.05) is 10.6 Å². The van der Waals surface area contributed by atoms with Gasteiger partial charge >= 0.3 is 7.12 Å². The van der Waals surface area contributed by atoms with Gasteiger partial charge in [-0.15, -0.1) is 0 Å². The fraction of sp³-hybridized carbons (Fsp3) is 0.400. The van der Waals surface area contributed by atoms with Crippen LogP contribution in [0, 0.1) is 0 Å². The van der Waals surface area contributed by atoms with Crippen molar-refractivity contribution in [1.82, 2.24) is 0 Å². The molecule has 1 atom stereocenters. The van der Waals surface area contributed by atoms with Gasteiger partial charge in [-0.05, 0) is 24.0 Å². The largest absolute Gasteiger partial charge is 0.488 e. The van der Waals surface area contributed by atoms with E-state index in [1.54, 1.807) is 24.3 Å². The molecule has 1 rings (SSSR count). The first-order valence-corrected chi connectivity index (χ1v) is 6.31. The van der Waals surface area contributed by atoms with Crippen LogP contribution in [0.25, 0.3) is 0 Å². The molecule has 0 radical (unpaired) electrons. The molecule has 1 aromatic rings. The Kier molecular flexibility index (Phi) is 5.01. The van der Waals surface area contributed by atoms with Crippen molar-refractivity contribution in [2.75, 3.05) is 5.75 Å². The van der Waals surface area contributed by atoms with E-state index < -0.39 is 17.9 Å². The molecule has 0 saturated carbocycles. The number of unbranched alkanes of at least 4 members (excludes halogenated alkanes) is 1. The van der Waals surface area contributed by atoms with Gasteiger partial charge in [-0.25, -0.2) is 0 Å². The number of hydrogen-bond acceptors (Lipinski definition) is 3. The van der Waals surface area contributed by atoms with Crippen LogP contribution in [0.1, 0.15) is 19.8 Å². The normalized spacial score (nSPS) is 12.5.